The third-order valence-corrected chi connectivity index (χ3v) is 6.52. The van der Waals surface area contributed by atoms with Crippen molar-refractivity contribution in [2.24, 2.45) is 0 Å². The summed E-state index contributed by atoms with van der Waals surface area (Å²) in [5.74, 6) is -1.40. The van der Waals surface area contributed by atoms with E-state index in [2.05, 4.69) is 5.32 Å². The zero-order chi connectivity index (χ0) is 28.1. The predicted molar refractivity (Wildman–Crippen MR) is 136 cm³/mol. The van der Waals surface area contributed by atoms with Gasteiger partial charge in [-0.2, -0.15) is 26.9 Å². The fourth-order valence-electron chi connectivity index (χ4n) is 3.06. The van der Waals surface area contributed by atoms with Crippen LogP contribution in [0.25, 0.3) is 6.08 Å². The number of benzene rings is 3. The number of amides is 1. The number of nitrogens with one attached hydrogen (secondary N) is 1. The molecule has 0 unspecified atom stereocenters. The number of alkyl halides is 3. The van der Waals surface area contributed by atoms with E-state index in [4.69, 9.17) is 32.1 Å². The van der Waals surface area contributed by atoms with Crippen LogP contribution in [0.5, 0.6) is 11.5 Å². The first-order chi connectivity index (χ1) is 17.8. The quantitative estimate of drug-likeness (QED) is 0.179. The minimum Gasteiger partial charge on any atom is -0.490 e. The average molecular weight is 585 g/mol. The number of carbonyl (C=O) groups is 1. The van der Waals surface area contributed by atoms with Gasteiger partial charge < -0.3 is 14.2 Å². The van der Waals surface area contributed by atoms with E-state index in [0.29, 0.717) is 5.02 Å². The summed E-state index contributed by atoms with van der Waals surface area (Å²) in [5.41, 5.74) is -1.46. The van der Waals surface area contributed by atoms with Gasteiger partial charge in [0.2, 0.25) is 5.75 Å². The molecule has 0 atom stereocenters. The van der Waals surface area contributed by atoms with Gasteiger partial charge in [0, 0.05) is 10.7 Å². The monoisotopic (exact) mass is 584 g/mol. The maximum Gasteiger partial charge on any atom is 0.416 e. The van der Waals surface area contributed by atoms with Gasteiger partial charge in [-0.1, -0.05) is 29.3 Å². The smallest absolute Gasteiger partial charge is 0.416 e. The third-order valence-electron chi connectivity index (χ3n) is 4.75. The summed E-state index contributed by atoms with van der Waals surface area (Å²) in [4.78, 5) is 12.4. The number of ether oxygens (including phenoxy) is 1. The van der Waals surface area contributed by atoms with Crippen LogP contribution in [0.1, 0.15) is 18.1 Å². The maximum atomic E-state index is 13.0. The number of nitriles is 1. The first-order valence-corrected chi connectivity index (χ1v) is 12.8. The molecule has 1 N–H and O–H groups in total. The molecule has 0 aliphatic carbocycles. The van der Waals surface area contributed by atoms with Crippen LogP contribution in [-0.4, -0.2) is 20.9 Å². The van der Waals surface area contributed by atoms with E-state index in [-0.39, 0.29) is 39.3 Å². The van der Waals surface area contributed by atoms with Crippen LogP contribution in [0.15, 0.2) is 71.1 Å². The Morgan fingerprint density at radius 2 is 1.79 bits per heavy atom. The minimum absolute atomic E-state index is 0.0853. The number of rotatable bonds is 8. The van der Waals surface area contributed by atoms with Gasteiger partial charge in [-0.05, 0) is 73.2 Å². The van der Waals surface area contributed by atoms with Gasteiger partial charge in [-0.15, -0.1) is 0 Å². The van der Waals surface area contributed by atoms with Crippen LogP contribution in [0.4, 0.5) is 18.9 Å². The number of hydrogen-bond acceptors (Lipinski definition) is 6. The second-order valence-electron chi connectivity index (χ2n) is 7.46. The topological polar surface area (TPSA) is 105 Å². The lowest BCUT2D eigenvalue weighted by Gasteiger charge is -2.14. The number of anilines is 1. The van der Waals surface area contributed by atoms with Crippen LogP contribution in [0.3, 0.4) is 0 Å². The van der Waals surface area contributed by atoms with Crippen LogP contribution >= 0.6 is 23.2 Å². The van der Waals surface area contributed by atoms with Gasteiger partial charge in [0.05, 0.1) is 17.2 Å². The Bertz CT molecular complexity index is 1530. The van der Waals surface area contributed by atoms with Crippen molar-refractivity contribution in [3.05, 3.63) is 87.4 Å². The van der Waals surface area contributed by atoms with Gasteiger partial charge in [0.15, 0.2) is 5.75 Å². The van der Waals surface area contributed by atoms with E-state index in [1.165, 1.54) is 42.5 Å². The van der Waals surface area contributed by atoms with E-state index in [9.17, 15) is 31.6 Å². The van der Waals surface area contributed by atoms with Crippen molar-refractivity contribution in [1.29, 1.82) is 5.26 Å². The molecule has 0 bridgehead atoms. The molecule has 0 saturated heterocycles. The highest BCUT2D eigenvalue weighted by molar-refractivity contribution is 7.87. The molecule has 0 spiro atoms. The standard InChI is InChI=1S/C25H17Cl2F3N2O5S/c1-2-36-22-12-15(11-21(27)23(22)37-38(34,35)20-8-6-18(26)7-9-20)10-16(14-31)24(33)32-19-5-3-4-17(13-19)25(28,29)30/h3-13H,2H2,1H3,(H,32,33)/b16-10+. The van der Waals surface area contributed by atoms with Crippen molar-refractivity contribution < 1.29 is 35.3 Å². The zero-order valence-corrected chi connectivity index (χ0v) is 21.7. The van der Waals surface area contributed by atoms with E-state index >= 15 is 0 Å². The van der Waals surface area contributed by atoms with E-state index in [0.717, 1.165) is 24.3 Å². The van der Waals surface area contributed by atoms with E-state index in [1.54, 1.807) is 13.0 Å². The first kappa shape index (κ1) is 28.8. The lowest BCUT2D eigenvalue weighted by molar-refractivity contribution is -0.137. The Labute approximate surface area is 226 Å². The minimum atomic E-state index is -4.62. The molecule has 0 aromatic heterocycles. The largest absolute Gasteiger partial charge is 0.490 e. The molecular formula is C25H17Cl2F3N2O5S. The molecule has 38 heavy (non-hydrogen) atoms. The van der Waals surface area contributed by atoms with Gasteiger partial charge in [0.25, 0.3) is 5.91 Å². The predicted octanol–water partition coefficient (Wildman–Crippen LogP) is 6.72. The second-order valence-corrected chi connectivity index (χ2v) is 9.85. The summed E-state index contributed by atoms with van der Waals surface area (Å²) in [6.07, 6.45) is -3.51. The lowest BCUT2D eigenvalue weighted by Crippen LogP contribution is -2.14. The number of nitrogens with zero attached hydrogens (tertiary/aromatic N) is 1. The number of carbonyl (C=O) groups excluding carboxylic acids is 1. The molecule has 0 aliphatic rings. The molecule has 3 aromatic carbocycles. The van der Waals surface area contributed by atoms with E-state index in [1.807, 2.05) is 0 Å². The SMILES string of the molecule is CCOc1cc(/C=C(\C#N)C(=O)Nc2cccc(C(F)(F)F)c2)cc(Cl)c1OS(=O)(=O)c1ccc(Cl)cc1. The Morgan fingerprint density at radius 3 is 2.39 bits per heavy atom. The number of hydrogen-bond donors (Lipinski definition) is 1. The van der Waals surface area contributed by atoms with Crippen molar-refractivity contribution in [3.63, 3.8) is 0 Å². The highest BCUT2D eigenvalue weighted by Gasteiger charge is 2.30. The normalized spacial score (nSPS) is 12.0. The second kappa shape index (κ2) is 11.8. The Morgan fingerprint density at radius 1 is 1.11 bits per heavy atom. The van der Waals surface area contributed by atoms with E-state index < -0.39 is 33.3 Å². The third kappa shape index (κ3) is 7.19. The molecule has 7 nitrogen and oxygen atoms in total. The Kier molecular flexibility index (Phi) is 8.93. The van der Waals surface area contributed by atoms with Gasteiger partial charge in [0.1, 0.15) is 16.5 Å². The molecule has 198 valence electrons. The van der Waals surface area contributed by atoms with Gasteiger partial charge in [-0.25, -0.2) is 0 Å². The van der Waals surface area contributed by atoms with Crippen LogP contribution in [-0.2, 0) is 21.1 Å². The van der Waals surface area contributed by atoms with Crippen LogP contribution in [0.2, 0.25) is 10.0 Å². The molecule has 0 saturated carbocycles. The summed E-state index contributed by atoms with van der Waals surface area (Å²) in [5, 5.41) is 11.8. The summed E-state index contributed by atoms with van der Waals surface area (Å²) < 4.78 is 75.0. The molecule has 0 aliphatic heterocycles. The van der Waals surface area contributed by atoms with Crippen molar-refractivity contribution in [2.45, 2.75) is 18.0 Å². The fraction of sp³-hybridized carbons (Fsp3) is 0.120. The molecule has 13 heteroatoms. The molecular weight excluding hydrogens is 568 g/mol. The van der Waals surface area contributed by atoms with Crippen molar-refractivity contribution >= 4 is 51.0 Å². The highest BCUT2D eigenvalue weighted by Crippen LogP contribution is 2.39. The first-order valence-electron chi connectivity index (χ1n) is 10.6. The van der Waals surface area contributed by atoms with Crippen molar-refractivity contribution in [1.82, 2.24) is 0 Å². The molecule has 0 heterocycles. The molecule has 1 amide bonds. The van der Waals surface area contributed by atoms with Crippen molar-refractivity contribution in [3.8, 4) is 17.6 Å². The fourth-order valence-corrected chi connectivity index (χ4v) is 4.45. The zero-order valence-electron chi connectivity index (χ0n) is 19.3. The lowest BCUT2D eigenvalue weighted by atomic mass is 10.1. The summed E-state index contributed by atoms with van der Waals surface area (Å²) in [6, 6.07) is 13.3. The summed E-state index contributed by atoms with van der Waals surface area (Å²) in [7, 11) is -4.33. The summed E-state index contributed by atoms with van der Waals surface area (Å²) >= 11 is 12.1. The van der Waals surface area contributed by atoms with Crippen LogP contribution < -0.4 is 14.2 Å². The van der Waals surface area contributed by atoms with Crippen molar-refractivity contribution in [2.75, 3.05) is 11.9 Å². The Balaban J connectivity index is 1.92. The van der Waals surface area contributed by atoms with Crippen LogP contribution in [0, 0.1) is 11.3 Å². The molecule has 3 aromatic rings. The van der Waals surface area contributed by atoms with Gasteiger partial charge in [-0.3, -0.25) is 4.79 Å². The van der Waals surface area contributed by atoms with Gasteiger partial charge >= 0.3 is 16.3 Å². The summed E-state index contributed by atoms with van der Waals surface area (Å²) in [6.45, 7) is 1.71. The molecule has 0 radical (unpaired) electrons. The molecule has 0 fully saturated rings. The Hall–Kier alpha value is -3.72. The highest BCUT2D eigenvalue weighted by atomic mass is 35.5. The molecule has 3 rings (SSSR count). The number of halogens is 5. The maximum absolute atomic E-state index is 13.0. The average Bonchev–Trinajstić information content (AvgIpc) is 2.84.